The third-order valence-corrected chi connectivity index (χ3v) is 2.82. The SMILES string of the molecule is COCCNCC(=O)Nc1cccc(SC(F)F)c1.Cl. The van der Waals surface area contributed by atoms with Gasteiger partial charge in [-0.3, -0.25) is 4.79 Å². The van der Waals surface area contributed by atoms with Gasteiger partial charge in [-0.25, -0.2) is 0 Å². The van der Waals surface area contributed by atoms with E-state index in [1.807, 2.05) is 0 Å². The third-order valence-electron chi connectivity index (χ3n) is 2.11. The van der Waals surface area contributed by atoms with E-state index in [0.29, 0.717) is 35.5 Å². The largest absolute Gasteiger partial charge is 0.383 e. The molecule has 4 nitrogen and oxygen atoms in total. The Kier molecular flexibility index (Phi) is 10.4. The van der Waals surface area contributed by atoms with Crippen molar-refractivity contribution in [3.8, 4) is 0 Å². The van der Waals surface area contributed by atoms with Gasteiger partial charge in [0.1, 0.15) is 0 Å². The summed E-state index contributed by atoms with van der Waals surface area (Å²) >= 11 is 0.447. The average molecular weight is 327 g/mol. The lowest BCUT2D eigenvalue weighted by Gasteiger charge is -2.08. The van der Waals surface area contributed by atoms with E-state index in [9.17, 15) is 13.6 Å². The van der Waals surface area contributed by atoms with Gasteiger partial charge in [0.2, 0.25) is 5.91 Å². The lowest BCUT2D eigenvalue weighted by atomic mass is 10.3. The number of alkyl halides is 2. The van der Waals surface area contributed by atoms with Crippen LogP contribution in [0.3, 0.4) is 0 Å². The second kappa shape index (κ2) is 10.8. The van der Waals surface area contributed by atoms with Crippen molar-refractivity contribution in [1.82, 2.24) is 5.32 Å². The molecule has 0 unspecified atom stereocenters. The van der Waals surface area contributed by atoms with Gasteiger partial charge in [0.05, 0.1) is 13.2 Å². The van der Waals surface area contributed by atoms with Crippen molar-refractivity contribution >= 4 is 35.8 Å². The first-order chi connectivity index (χ1) is 9.11. The Morgan fingerprint density at radius 3 is 2.85 bits per heavy atom. The third kappa shape index (κ3) is 8.31. The molecule has 0 saturated heterocycles. The van der Waals surface area contributed by atoms with E-state index in [4.69, 9.17) is 4.74 Å². The number of thioether (sulfide) groups is 1. The predicted molar refractivity (Wildman–Crippen MR) is 78.9 cm³/mol. The minimum atomic E-state index is -2.47. The molecule has 0 spiro atoms. The molecular weight excluding hydrogens is 310 g/mol. The number of rotatable bonds is 8. The molecule has 0 aliphatic heterocycles. The standard InChI is InChI=1S/C12H16F2N2O2S.ClH/c1-18-6-5-15-8-11(17)16-9-3-2-4-10(7-9)19-12(13)14;/h2-4,7,12,15H,5-6,8H2,1H3,(H,16,17);1H. The summed E-state index contributed by atoms with van der Waals surface area (Å²) in [5.41, 5.74) is 0.504. The maximum Gasteiger partial charge on any atom is 0.288 e. The minimum Gasteiger partial charge on any atom is -0.383 e. The number of halogens is 3. The number of anilines is 1. The lowest BCUT2D eigenvalue weighted by Crippen LogP contribution is -2.30. The fraction of sp³-hybridized carbons (Fsp3) is 0.417. The monoisotopic (exact) mass is 326 g/mol. The first kappa shape index (κ1) is 19.1. The highest BCUT2D eigenvalue weighted by Gasteiger charge is 2.07. The number of benzene rings is 1. The lowest BCUT2D eigenvalue weighted by molar-refractivity contribution is -0.115. The van der Waals surface area contributed by atoms with E-state index in [1.165, 1.54) is 6.07 Å². The average Bonchev–Trinajstić information content (AvgIpc) is 2.34. The van der Waals surface area contributed by atoms with E-state index in [-0.39, 0.29) is 24.9 Å². The summed E-state index contributed by atoms with van der Waals surface area (Å²) in [5, 5.41) is 5.52. The predicted octanol–water partition coefficient (Wildman–Crippen LogP) is 2.60. The number of hydrogen-bond acceptors (Lipinski definition) is 4. The molecule has 0 radical (unpaired) electrons. The Bertz CT molecular complexity index is 411. The zero-order chi connectivity index (χ0) is 14.1. The molecule has 114 valence electrons. The van der Waals surface area contributed by atoms with Gasteiger partial charge in [0, 0.05) is 24.2 Å². The number of nitrogens with one attached hydrogen (secondary N) is 2. The van der Waals surface area contributed by atoms with Crippen molar-refractivity contribution in [2.45, 2.75) is 10.7 Å². The van der Waals surface area contributed by atoms with Crippen molar-refractivity contribution in [2.75, 3.05) is 32.1 Å². The molecule has 1 amide bonds. The zero-order valence-electron chi connectivity index (χ0n) is 10.9. The van der Waals surface area contributed by atoms with E-state index in [2.05, 4.69) is 10.6 Å². The van der Waals surface area contributed by atoms with Crippen molar-refractivity contribution < 1.29 is 18.3 Å². The van der Waals surface area contributed by atoms with Gasteiger partial charge in [0.25, 0.3) is 5.76 Å². The van der Waals surface area contributed by atoms with Gasteiger partial charge in [-0.1, -0.05) is 17.8 Å². The Hall–Kier alpha value is -0.890. The topological polar surface area (TPSA) is 50.4 Å². The maximum atomic E-state index is 12.2. The van der Waals surface area contributed by atoms with Gasteiger partial charge in [-0.05, 0) is 18.2 Å². The van der Waals surface area contributed by atoms with Crippen LogP contribution >= 0.6 is 24.2 Å². The molecule has 0 saturated carbocycles. The quantitative estimate of drug-likeness (QED) is 0.569. The summed E-state index contributed by atoms with van der Waals surface area (Å²) in [6.07, 6.45) is 0. The molecule has 0 atom stereocenters. The van der Waals surface area contributed by atoms with Crippen LogP contribution in [0.5, 0.6) is 0 Å². The zero-order valence-corrected chi connectivity index (χ0v) is 12.5. The fourth-order valence-corrected chi connectivity index (χ4v) is 1.89. The molecule has 0 aromatic heterocycles. The van der Waals surface area contributed by atoms with Crippen LogP contribution in [0.2, 0.25) is 0 Å². The van der Waals surface area contributed by atoms with E-state index in [1.54, 1.807) is 25.3 Å². The van der Waals surface area contributed by atoms with Crippen molar-refractivity contribution in [3.05, 3.63) is 24.3 Å². The molecular formula is C12H17ClF2N2O2S. The number of carbonyl (C=O) groups excluding carboxylic acids is 1. The summed E-state index contributed by atoms with van der Waals surface area (Å²) in [4.78, 5) is 12.0. The Morgan fingerprint density at radius 2 is 2.20 bits per heavy atom. The van der Waals surface area contributed by atoms with Crippen LogP contribution in [0.4, 0.5) is 14.5 Å². The van der Waals surface area contributed by atoms with Crippen LogP contribution in [0.15, 0.2) is 29.2 Å². The minimum absolute atomic E-state index is 0. The van der Waals surface area contributed by atoms with Gasteiger partial charge in [0.15, 0.2) is 0 Å². The maximum absolute atomic E-state index is 12.2. The fourth-order valence-electron chi connectivity index (χ4n) is 1.33. The summed E-state index contributed by atoms with van der Waals surface area (Å²) in [7, 11) is 1.58. The van der Waals surface area contributed by atoms with Gasteiger partial charge in [-0.15, -0.1) is 12.4 Å². The Labute approximate surface area is 127 Å². The molecule has 0 fully saturated rings. The first-order valence-corrected chi connectivity index (χ1v) is 6.54. The van der Waals surface area contributed by atoms with Crippen LogP contribution in [-0.4, -0.2) is 38.5 Å². The highest BCUT2D eigenvalue weighted by molar-refractivity contribution is 7.99. The van der Waals surface area contributed by atoms with Crippen molar-refractivity contribution in [3.63, 3.8) is 0 Å². The van der Waals surface area contributed by atoms with E-state index >= 15 is 0 Å². The molecule has 20 heavy (non-hydrogen) atoms. The second-order valence-corrected chi connectivity index (χ2v) is 4.69. The summed E-state index contributed by atoms with van der Waals surface area (Å²) in [6, 6.07) is 6.37. The number of hydrogen-bond donors (Lipinski definition) is 2. The Balaban J connectivity index is 0.00000361. The molecule has 1 aromatic rings. The number of methoxy groups -OCH3 is 1. The number of ether oxygens (including phenoxy) is 1. The van der Waals surface area contributed by atoms with Crippen LogP contribution in [0.1, 0.15) is 0 Å². The number of carbonyl (C=O) groups is 1. The van der Waals surface area contributed by atoms with Gasteiger partial charge < -0.3 is 15.4 Å². The molecule has 8 heteroatoms. The van der Waals surface area contributed by atoms with Crippen LogP contribution in [-0.2, 0) is 9.53 Å². The van der Waals surface area contributed by atoms with Gasteiger partial charge >= 0.3 is 0 Å². The smallest absolute Gasteiger partial charge is 0.288 e. The summed E-state index contributed by atoms with van der Waals surface area (Å²) in [5.74, 6) is -2.70. The molecule has 2 N–H and O–H groups in total. The van der Waals surface area contributed by atoms with E-state index < -0.39 is 5.76 Å². The van der Waals surface area contributed by atoms with Crippen LogP contribution in [0, 0.1) is 0 Å². The van der Waals surface area contributed by atoms with E-state index in [0.717, 1.165) is 0 Å². The van der Waals surface area contributed by atoms with Crippen LogP contribution < -0.4 is 10.6 Å². The molecule has 1 aromatic carbocycles. The molecule has 0 heterocycles. The molecule has 1 rings (SSSR count). The van der Waals surface area contributed by atoms with Crippen molar-refractivity contribution in [1.29, 1.82) is 0 Å². The first-order valence-electron chi connectivity index (χ1n) is 5.66. The highest BCUT2D eigenvalue weighted by atomic mass is 35.5. The second-order valence-electron chi connectivity index (χ2n) is 3.62. The van der Waals surface area contributed by atoms with Crippen LogP contribution in [0.25, 0.3) is 0 Å². The summed E-state index contributed by atoms with van der Waals surface area (Å²) in [6.45, 7) is 1.24. The van der Waals surface area contributed by atoms with Gasteiger partial charge in [-0.2, -0.15) is 8.78 Å². The number of amides is 1. The molecule has 0 aliphatic carbocycles. The normalized spacial score (nSPS) is 10.2. The summed E-state index contributed by atoms with van der Waals surface area (Å²) < 4.78 is 29.2. The molecule has 0 aliphatic rings. The van der Waals surface area contributed by atoms with Crippen molar-refractivity contribution in [2.24, 2.45) is 0 Å². The Morgan fingerprint density at radius 1 is 1.45 bits per heavy atom. The molecule has 0 bridgehead atoms. The highest BCUT2D eigenvalue weighted by Crippen LogP contribution is 2.26.